The number of carbonyl (C=O) groups excluding carboxylic acids is 1. The summed E-state index contributed by atoms with van der Waals surface area (Å²) in [4.78, 5) is 18.0. The maximum absolute atomic E-state index is 13.7. The molecule has 1 aliphatic heterocycles. The summed E-state index contributed by atoms with van der Waals surface area (Å²) in [5.41, 5.74) is 2.02. The van der Waals surface area contributed by atoms with Gasteiger partial charge in [0, 0.05) is 24.6 Å². The van der Waals surface area contributed by atoms with Crippen molar-refractivity contribution in [3.8, 4) is 11.1 Å². The van der Waals surface area contributed by atoms with Crippen molar-refractivity contribution in [2.75, 3.05) is 13.1 Å². The molecule has 0 saturated carbocycles. The highest BCUT2D eigenvalue weighted by Gasteiger charge is 2.36. The predicted molar refractivity (Wildman–Crippen MR) is 90.2 cm³/mol. The van der Waals surface area contributed by atoms with Crippen molar-refractivity contribution in [3.05, 3.63) is 54.1 Å². The summed E-state index contributed by atoms with van der Waals surface area (Å²) in [5.74, 6) is -0.269. The van der Waals surface area contributed by atoms with Gasteiger partial charge in [-0.2, -0.15) is 0 Å². The highest BCUT2D eigenvalue weighted by molar-refractivity contribution is 5.71. The first kappa shape index (κ1) is 16.4. The van der Waals surface area contributed by atoms with Gasteiger partial charge in [0.25, 0.3) is 0 Å². The first-order valence-corrected chi connectivity index (χ1v) is 8.02. The smallest absolute Gasteiger partial charge is 0.410 e. The second-order valence-corrected chi connectivity index (χ2v) is 7.03. The van der Waals surface area contributed by atoms with E-state index >= 15 is 0 Å². The molecule has 1 saturated heterocycles. The Balaban J connectivity index is 1.77. The van der Waals surface area contributed by atoms with Gasteiger partial charge in [0.2, 0.25) is 0 Å². The monoisotopic (exact) mass is 328 g/mol. The van der Waals surface area contributed by atoms with Gasteiger partial charge in [0.1, 0.15) is 11.4 Å². The number of aromatic nitrogens is 1. The molecule has 0 radical (unpaired) electrons. The summed E-state index contributed by atoms with van der Waals surface area (Å²) >= 11 is 0. The molecule has 4 nitrogen and oxygen atoms in total. The zero-order valence-electron chi connectivity index (χ0n) is 14.1. The van der Waals surface area contributed by atoms with E-state index in [9.17, 15) is 9.18 Å². The Morgan fingerprint density at radius 3 is 2.54 bits per heavy atom. The fourth-order valence-electron chi connectivity index (χ4n) is 2.75. The quantitative estimate of drug-likeness (QED) is 0.829. The minimum atomic E-state index is -0.508. The number of halogens is 1. The molecule has 126 valence electrons. The molecule has 1 fully saturated rings. The van der Waals surface area contributed by atoms with Crippen molar-refractivity contribution in [2.24, 2.45) is 0 Å². The molecule has 2 heterocycles. The number of ether oxygens (including phenoxy) is 1. The van der Waals surface area contributed by atoms with E-state index in [-0.39, 0.29) is 17.8 Å². The zero-order valence-corrected chi connectivity index (χ0v) is 14.1. The van der Waals surface area contributed by atoms with Gasteiger partial charge in [-0.05, 0) is 32.4 Å². The van der Waals surface area contributed by atoms with Gasteiger partial charge in [-0.3, -0.25) is 4.98 Å². The molecule has 0 N–H and O–H groups in total. The van der Waals surface area contributed by atoms with Gasteiger partial charge in [0.05, 0.1) is 11.9 Å². The molecule has 3 rings (SSSR count). The first-order chi connectivity index (χ1) is 11.3. The lowest BCUT2D eigenvalue weighted by Crippen LogP contribution is -2.50. The standard InChI is InChI=1S/C19H21FN2O2/c1-19(2,3)24-18(23)22-11-14(12-22)17-16(9-15(20)10-21-17)13-7-5-4-6-8-13/h4-10,14H,11-12H2,1-3H3. The van der Waals surface area contributed by atoms with Crippen LogP contribution < -0.4 is 0 Å². The third-order valence-electron chi connectivity index (χ3n) is 3.89. The lowest BCUT2D eigenvalue weighted by atomic mass is 9.90. The van der Waals surface area contributed by atoms with Gasteiger partial charge >= 0.3 is 6.09 Å². The number of nitrogens with zero attached hydrogens (tertiary/aromatic N) is 2. The summed E-state index contributed by atoms with van der Waals surface area (Å²) in [5, 5.41) is 0. The van der Waals surface area contributed by atoms with Crippen molar-refractivity contribution in [3.63, 3.8) is 0 Å². The maximum Gasteiger partial charge on any atom is 0.410 e. The van der Waals surface area contributed by atoms with Crippen molar-refractivity contribution in [1.29, 1.82) is 0 Å². The molecule has 1 aromatic carbocycles. The number of likely N-dealkylation sites (tertiary alicyclic amines) is 1. The van der Waals surface area contributed by atoms with E-state index < -0.39 is 5.60 Å². The summed E-state index contributed by atoms with van der Waals surface area (Å²) in [6.07, 6.45) is 0.917. The van der Waals surface area contributed by atoms with Crippen LogP contribution in [0.5, 0.6) is 0 Å². The van der Waals surface area contributed by atoms with Crippen molar-refractivity contribution in [1.82, 2.24) is 9.88 Å². The highest BCUT2D eigenvalue weighted by atomic mass is 19.1. The second kappa shape index (κ2) is 6.23. The van der Waals surface area contributed by atoms with Crippen LogP contribution in [-0.2, 0) is 4.74 Å². The number of rotatable bonds is 2. The summed E-state index contributed by atoms with van der Waals surface area (Å²) < 4.78 is 19.0. The van der Waals surface area contributed by atoms with Gasteiger partial charge in [-0.15, -0.1) is 0 Å². The van der Waals surface area contributed by atoms with Crippen LogP contribution in [0.15, 0.2) is 42.6 Å². The third kappa shape index (κ3) is 3.55. The fraction of sp³-hybridized carbons (Fsp3) is 0.368. The van der Waals surface area contributed by atoms with Crippen LogP contribution in [-0.4, -0.2) is 34.7 Å². The Morgan fingerprint density at radius 1 is 1.25 bits per heavy atom. The lowest BCUT2D eigenvalue weighted by molar-refractivity contribution is 0.00790. The Morgan fingerprint density at radius 2 is 1.92 bits per heavy atom. The minimum absolute atomic E-state index is 0.0910. The number of hydrogen-bond acceptors (Lipinski definition) is 3. The summed E-state index contributed by atoms with van der Waals surface area (Å²) in [7, 11) is 0. The van der Waals surface area contributed by atoms with E-state index in [2.05, 4.69) is 4.98 Å². The molecule has 0 unspecified atom stereocenters. The normalized spacial score (nSPS) is 15.1. The van der Waals surface area contributed by atoms with Crippen LogP contribution >= 0.6 is 0 Å². The molecule has 1 aliphatic rings. The molecule has 2 aromatic rings. The third-order valence-corrected chi connectivity index (χ3v) is 3.89. The molecule has 5 heteroatoms. The molecular weight excluding hydrogens is 307 g/mol. The van der Waals surface area contributed by atoms with Crippen molar-refractivity contribution in [2.45, 2.75) is 32.3 Å². The summed E-state index contributed by atoms with van der Waals surface area (Å²) in [6.45, 7) is 6.60. The number of amides is 1. The van der Waals surface area contributed by atoms with Crippen LogP contribution in [0.1, 0.15) is 32.4 Å². The van der Waals surface area contributed by atoms with Crippen LogP contribution in [0.25, 0.3) is 11.1 Å². The minimum Gasteiger partial charge on any atom is -0.444 e. The molecule has 0 spiro atoms. The highest BCUT2D eigenvalue weighted by Crippen LogP contribution is 2.34. The summed E-state index contributed by atoms with van der Waals surface area (Å²) in [6, 6.07) is 11.1. The average Bonchev–Trinajstić information content (AvgIpc) is 2.46. The van der Waals surface area contributed by atoms with Crippen LogP contribution in [0.3, 0.4) is 0 Å². The van der Waals surface area contributed by atoms with Gasteiger partial charge in [0.15, 0.2) is 0 Å². The van der Waals surface area contributed by atoms with Gasteiger partial charge < -0.3 is 9.64 Å². The first-order valence-electron chi connectivity index (χ1n) is 8.02. The van der Waals surface area contributed by atoms with E-state index in [1.807, 2.05) is 51.1 Å². The van der Waals surface area contributed by atoms with Crippen LogP contribution in [0.2, 0.25) is 0 Å². The SMILES string of the molecule is CC(C)(C)OC(=O)N1CC(c2ncc(F)cc2-c2ccccc2)C1. The number of carbonyl (C=O) groups is 1. The molecule has 1 aromatic heterocycles. The molecule has 24 heavy (non-hydrogen) atoms. The van der Waals surface area contributed by atoms with E-state index in [4.69, 9.17) is 4.74 Å². The molecule has 1 amide bonds. The Kier molecular flexibility index (Phi) is 4.26. The topological polar surface area (TPSA) is 42.4 Å². The van der Waals surface area contributed by atoms with E-state index in [1.54, 1.807) is 4.90 Å². The van der Waals surface area contributed by atoms with E-state index in [0.717, 1.165) is 16.8 Å². The number of pyridine rings is 1. The maximum atomic E-state index is 13.7. The second-order valence-electron chi connectivity index (χ2n) is 7.03. The van der Waals surface area contributed by atoms with Crippen LogP contribution in [0, 0.1) is 5.82 Å². The number of hydrogen-bond donors (Lipinski definition) is 0. The molecular formula is C19H21FN2O2. The van der Waals surface area contributed by atoms with Gasteiger partial charge in [-0.1, -0.05) is 30.3 Å². The predicted octanol–water partition coefficient (Wildman–Crippen LogP) is 4.22. The largest absolute Gasteiger partial charge is 0.444 e. The molecule has 0 aliphatic carbocycles. The average molecular weight is 328 g/mol. The van der Waals surface area contributed by atoms with Crippen molar-refractivity contribution >= 4 is 6.09 Å². The Bertz CT molecular complexity index is 735. The molecule has 0 bridgehead atoms. The van der Waals surface area contributed by atoms with Crippen LogP contribution in [0.4, 0.5) is 9.18 Å². The van der Waals surface area contributed by atoms with Gasteiger partial charge in [-0.25, -0.2) is 9.18 Å². The fourth-order valence-corrected chi connectivity index (χ4v) is 2.75. The number of benzene rings is 1. The van der Waals surface area contributed by atoms with E-state index in [1.165, 1.54) is 12.3 Å². The Labute approximate surface area is 141 Å². The van der Waals surface area contributed by atoms with Crippen molar-refractivity contribution < 1.29 is 13.9 Å². The molecule has 0 atom stereocenters. The zero-order chi connectivity index (χ0) is 17.3. The van der Waals surface area contributed by atoms with E-state index in [0.29, 0.717) is 13.1 Å². The lowest BCUT2D eigenvalue weighted by Gasteiger charge is -2.40. The Hall–Kier alpha value is -2.43.